The molecular weight excluding hydrogens is 232 g/mol. The predicted octanol–water partition coefficient (Wildman–Crippen LogP) is 2.69. The smallest absolute Gasteiger partial charge is 0.0308 e. The first-order chi connectivity index (χ1) is 9.26. The zero-order valence-corrected chi connectivity index (χ0v) is 12.1. The Morgan fingerprint density at radius 3 is 2.79 bits per heavy atom. The van der Waals surface area contributed by atoms with Crippen LogP contribution in [0.1, 0.15) is 31.7 Å². The van der Waals surface area contributed by atoms with Gasteiger partial charge in [-0.1, -0.05) is 30.3 Å². The molecule has 1 aliphatic heterocycles. The van der Waals surface area contributed by atoms with Crippen LogP contribution in [0.15, 0.2) is 30.3 Å². The van der Waals surface area contributed by atoms with Crippen LogP contribution in [0.5, 0.6) is 0 Å². The Bertz CT molecular complexity index is 399. The molecule has 104 valence electrons. The maximum absolute atomic E-state index is 3.81. The third-order valence-corrected chi connectivity index (χ3v) is 4.77. The van der Waals surface area contributed by atoms with Gasteiger partial charge < -0.3 is 10.2 Å². The third-order valence-electron chi connectivity index (χ3n) is 4.77. The molecule has 1 N–H and O–H groups in total. The molecule has 1 unspecified atom stereocenters. The molecule has 1 aliphatic carbocycles. The lowest BCUT2D eigenvalue weighted by molar-refractivity contribution is 0.203. The molecule has 1 atom stereocenters. The Hall–Kier alpha value is -0.860. The zero-order valence-electron chi connectivity index (χ0n) is 12.1. The fourth-order valence-corrected chi connectivity index (χ4v) is 3.39. The van der Waals surface area contributed by atoms with Crippen molar-refractivity contribution in [3.63, 3.8) is 0 Å². The minimum absolute atomic E-state index is 0.368. The van der Waals surface area contributed by atoms with Gasteiger partial charge in [0.1, 0.15) is 0 Å². The highest BCUT2D eigenvalue weighted by Gasteiger charge is 2.42. The quantitative estimate of drug-likeness (QED) is 0.893. The van der Waals surface area contributed by atoms with E-state index in [1.165, 1.54) is 57.4 Å². The molecule has 1 saturated carbocycles. The second-order valence-electron chi connectivity index (χ2n) is 6.48. The molecule has 0 bridgehead atoms. The minimum Gasteiger partial charge on any atom is -0.310 e. The van der Waals surface area contributed by atoms with E-state index in [9.17, 15) is 0 Å². The average Bonchev–Trinajstić information content (AvgIpc) is 3.25. The Morgan fingerprint density at radius 2 is 2.05 bits per heavy atom. The van der Waals surface area contributed by atoms with Crippen LogP contribution in [0.25, 0.3) is 0 Å². The van der Waals surface area contributed by atoms with Gasteiger partial charge in [0.25, 0.3) is 0 Å². The highest BCUT2D eigenvalue weighted by Crippen LogP contribution is 2.40. The lowest BCUT2D eigenvalue weighted by Gasteiger charge is -2.34. The summed E-state index contributed by atoms with van der Waals surface area (Å²) in [5, 5.41) is 3.81. The molecule has 2 heteroatoms. The van der Waals surface area contributed by atoms with Crippen molar-refractivity contribution in [2.24, 2.45) is 5.92 Å². The lowest BCUT2D eigenvalue weighted by Crippen LogP contribution is -2.51. The topological polar surface area (TPSA) is 15.3 Å². The summed E-state index contributed by atoms with van der Waals surface area (Å²) >= 11 is 0. The Kier molecular flexibility index (Phi) is 3.90. The molecule has 0 amide bonds. The Balaban J connectivity index is 1.57. The second kappa shape index (κ2) is 5.64. The van der Waals surface area contributed by atoms with Crippen molar-refractivity contribution in [3.05, 3.63) is 35.9 Å². The number of rotatable bonds is 4. The molecule has 3 rings (SSSR count). The third kappa shape index (κ3) is 3.37. The normalized spacial score (nSPS) is 29.1. The molecule has 0 radical (unpaired) electrons. The van der Waals surface area contributed by atoms with E-state index in [0.29, 0.717) is 5.54 Å². The van der Waals surface area contributed by atoms with Crippen LogP contribution in [-0.2, 0) is 6.42 Å². The number of hydrogen-bond acceptors (Lipinski definition) is 2. The summed E-state index contributed by atoms with van der Waals surface area (Å²) in [7, 11) is 0. The first-order valence-corrected chi connectivity index (χ1v) is 7.78. The van der Waals surface area contributed by atoms with Gasteiger partial charge in [0.2, 0.25) is 0 Å². The SMILES string of the molecule is CC1(C2CC2)CN(CCc2ccccc2)CCCN1. The molecule has 1 aromatic rings. The molecule has 19 heavy (non-hydrogen) atoms. The summed E-state index contributed by atoms with van der Waals surface area (Å²) in [6.45, 7) is 7.31. The van der Waals surface area contributed by atoms with Crippen LogP contribution in [0.3, 0.4) is 0 Å². The molecule has 2 nitrogen and oxygen atoms in total. The van der Waals surface area contributed by atoms with Crippen molar-refractivity contribution >= 4 is 0 Å². The van der Waals surface area contributed by atoms with Gasteiger partial charge >= 0.3 is 0 Å². The van der Waals surface area contributed by atoms with Gasteiger partial charge in [-0.15, -0.1) is 0 Å². The highest BCUT2D eigenvalue weighted by molar-refractivity contribution is 5.15. The maximum atomic E-state index is 3.81. The summed E-state index contributed by atoms with van der Waals surface area (Å²) in [6.07, 6.45) is 5.32. The van der Waals surface area contributed by atoms with Crippen LogP contribution in [0.2, 0.25) is 0 Å². The van der Waals surface area contributed by atoms with Crippen molar-refractivity contribution in [2.75, 3.05) is 26.2 Å². The first kappa shape index (κ1) is 13.1. The van der Waals surface area contributed by atoms with Crippen molar-refractivity contribution in [1.82, 2.24) is 10.2 Å². The summed E-state index contributed by atoms with van der Waals surface area (Å²) in [5.74, 6) is 0.921. The molecule has 1 heterocycles. The van der Waals surface area contributed by atoms with Gasteiger partial charge in [-0.2, -0.15) is 0 Å². The molecule has 2 aliphatic rings. The molecule has 2 fully saturated rings. The van der Waals surface area contributed by atoms with E-state index in [1.54, 1.807) is 0 Å². The van der Waals surface area contributed by atoms with E-state index < -0.39 is 0 Å². The minimum atomic E-state index is 0.368. The van der Waals surface area contributed by atoms with E-state index in [-0.39, 0.29) is 0 Å². The van der Waals surface area contributed by atoms with E-state index in [1.807, 2.05) is 0 Å². The van der Waals surface area contributed by atoms with E-state index in [2.05, 4.69) is 47.5 Å². The number of hydrogen-bond donors (Lipinski definition) is 1. The van der Waals surface area contributed by atoms with Crippen LogP contribution in [0, 0.1) is 5.92 Å². The fourth-order valence-electron chi connectivity index (χ4n) is 3.39. The Labute approximate surface area is 117 Å². The second-order valence-corrected chi connectivity index (χ2v) is 6.48. The molecule has 0 aromatic heterocycles. The van der Waals surface area contributed by atoms with Gasteiger partial charge in [-0.05, 0) is 57.2 Å². The van der Waals surface area contributed by atoms with Crippen LogP contribution in [0.4, 0.5) is 0 Å². The molecule has 1 aromatic carbocycles. The molecule has 1 saturated heterocycles. The number of benzene rings is 1. The largest absolute Gasteiger partial charge is 0.310 e. The monoisotopic (exact) mass is 258 g/mol. The maximum Gasteiger partial charge on any atom is 0.0308 e. The van der Waals surface area contributed by atoms with Gasteiger partial charge in [-0.25, -0.2) is 0 Å². The highest BCUT2D eigenvalue weighted by atomic mass is 15.2. The van der Waals surface area contributed by atoms with Crippen molar-refractivity contribution < 1.29 is 0 Å². The van der Waals surface area contributed by atoms with Gasteiger partial charge in [0.15, 0.2) is 0 Å². The van der Waals surface area contributed by atoms with Gasteiger partial charge in [0.05, 0.1) is 0 Å². The average molecular weight is 258 g/mol. The van der Waals surface area contributed by atoms with Gasteiger partial charge in [-0.3, -0.25) is 0 Å². The summed E-state index contributed by atoms with van der Waals surface area (Å²) < 4.78 is 0. The molecule has 0 spiro atoms. The van der Waals surface area contributed by atoms with Gasteiger partial charge in [0, 0.05) is 18.6 Å². The van der Waals surface area contributed by atoms with Crippen LogP contribution < -0.4 is 5.32 Å². The van der Waals surface area contributed by atoms with Crippen molar-refractivity contribution in [2.45, 2.75) is 38.1 Å². The first-order valence-electron chi connectivity index (χ1n) is 7.78. The lowest BCUT2D eigenvalue weighted by atomic mass is 9.95. The van der Waals surface area contributed by atoms with E-state index >= 15 is 0 Å². The van der Waals surface area contributed by atoms with Crippen LogP contribution in [-0.4, -0.2) is 36.6 Å². The fraction of sp³-hybridized carbons (Fsp3) is 0.647. The Morgan fingerprint density at radius 1 is 1.26 bits per heavy atom. The summed E-state index contributed by atoms with van der Waals surface area (Å²) in [5.41, 5.74) is 1.83. The van der Waals surface area contributed by atoms with E-state index in [4.69, 9.17) is 0 Å². The van der Waals surface area contributed by atoms with Crippen molar-refractivity contribution in [1.29, 1.82) is 0 Å². The molecular formula is C17H26N2. The van der Waals surface area contributed by atoms with E-state index in [0.717, 1.165) is 5.92 Å². The van der Waals surface area contributed by atoms with Crippen molar-refractivity contribution in [3.8, 4) is 0 Å². The van der Waals surface area contributed by atoms with Crippen LogP contribution >= 0.6 is 0 Å². The zero-order chi connectivity index (χ0) is 13.1. The standard InChI is InChI=1S/C17H26N2/c1-17(16-8-9-16)14-19(12-5-11-18-17)13-10-15-6-3-2-4-7-15/h2-4,6-7,16,18H,5,8-14H2,1H3. The summed E-state index contributed by atoms with van der Waals surface area (Å²) in [4.78, 5) is 2.67. The number of nitrogens with zero attached hydrogens (tertiary/aromatic N) is 1. The predicted molar refractivity (Wildman–Crippen MR) is 80.3 cm³/mol. The summed E-state index contributed by atoms with van der Waals surface area (Å²) in [6, 6.07) is 10.9. The number of nitrogens with one attached hydrogen (secondary N) is 1.